The van der Waals surface area contributed by atoms with E-state index in [0.717, 1.165) is 32.3 Å². The Bertz CT molecular complexity index is 1780. The lowest BCUT2D eigenvalue weighted by Crippen LogP contribution is -2.42. The van der Waals surface area contributed by atoms with Gasteiger partial charge < -0.3 is 0 Å². The van der Waals surface area contributed by atoms with Crippen molar-refractivity contribution in [2.45, 2.75) is 52.4 Å². The van der Waals surface area contributed by atoms with Gasteiger partial charge in [0.05, 0.1) is 5.69 Å². The largest absolute Gasteiger partial charge is 0.268 e. The van der Waals surface area contributed by atoms with Gasteiger partial charge in [-0.2, -0.15) is 0 Å². The third-order valence-electron chi connectivity index (χ3n) is 7.75. The van der Waals surface area contributed by atoms with Gasteiger partial charge in [-0.3, -0.25) is 9.59 Å². The predicted octanol–water partition coefficient (Wildman–Crippen LogP) is 9.63. The molecule has 0 atom stereocenters. The number of imide groups is 1. The normalized spacial score (nSPS) is 13.8. The maximum Gasteiger partial charge on any atom is 0.265 e. The first-order valence-corrected chi connectivity index (χ1v) is 14.5. The first kappa shape index (κ1) is 26.2. The Balaban J connectivity index is 1.51. The monoisotopic (exact) mass is 543 g/mol. The lowest BCUT2D eigenvalue weighted by atomic mass is 9.80. The zero-order valence-electron chi connectivity index (χ0n) is 23.8. The van der Waals surface area contributed by atoms with Crippen LogP contribution in [0.15, 0.2) is 91.0 Å². The van der Waals surface area contributed by atoms with E-state index in [2.05, 4.69) is 77.9 Å². The van der Waals surface area contributed by atoms with Crippen molar-refractivity contribution in [3.05, 3.63) is 113 Å². The van der Waals surface area contributed by atoms with Gasteiger partial charge >= 0.3 is 0 Å². The zero-order chi connectivity index (χ0) is 28.4. The molecule has 0 unspecified atom stereocenters. The molecule has 1 aromatic heterocycles. The Labute approximate surface area is 240 Å². The Hall–Kier alpha value is -4.02. The maximum atomic E-state index is 14.2. The summed E-state index contributed by atoms with van der Waals surface area (Å²) in [5.74, 6) is -0.541. The molecule has 1 aliphatic rings. The molecule has 0 N–H and O–H groups in total. The fourth-order valence-corrected chi connectivity index (χ4v) is 6.64. The smallest absolute Gasteiger partial charge is 0.265 e. The van der Waals surface area contributed by atoms with Crippen molar-refractivity contribution in [1.29, 1.82) is 0 Å². The van der Waals surface area contributed by atoms with Crippen molar-refractivity contribution >= 4 is 39.6 Å². The average Bonchev–Trinajstić information content (AvgIpc) is 3.41. The molecule has 0 radical (unpaired) electrons. The fourth-order valence-electron chi connectivity index (χ4n) is 5.59. The first-order valence-electron chi connectivity index (χ1n) is 13.7. The third kappa shape index (κ3) is 4.28. The molecule has 6 rings (SSSR count). The minimum Gasteiger partial charge on any atom is -0.268 e. The summed E-state index contributed by atoms with van der Waals surface area (Å²) in [6, 6.07) is 30.6. The van der Waals surface area contributed by atoms with E-state index in [4.69, 9.17) is 0 Å². The molecule has 4 aromatic carbocycles. The summed E-state index contributed by atoms with van der Waals surface area (Å²) < 4.78 is 0. The fraction of sp³-hybridized carbons (Fsp3) is 0.222. The van der Waals surface area contributed by atoms with Gasteiger partial charge in [-0.05, 0) is 68.8 Å². The molecule has 200 valence electrons. The molecule has 0 spiro atoms. The van der Waals surface area contributed by atoms with Crippen molar-refractivity contribution in [1.82, 2.24) is 0 Å². The Morgan fingerprint density at radius 1 is 0.600 bits per heavy atom. The Morgan fingerprint density at radius 2 is 1.25 bits per heavy atom. The van der Waals surface area contributed by atoms with Crippen LogP contribution in [0.5, 0.6) is 0 Å². The topological polar surface area (TPSA) is 37.4 Å². The number of amides is 2. The van der Waals surface area contributed by atoms with Crippen LogP contribution in [-0.2, 0) is 10.8 Å². The molecule has 4 heteroatoms. The van der Waals surface area contributed by atoms with Gasteiger partial charge in [0.1, 0.15) is 0 Å². The Kier molecular flexibility index (Phi) is 6.08. The van der Waals surface area contributed by atoms with Crippen LogP contribution in [-0.4, -0.2) is 11.8 Å². The van der Waals surface area contributed by atoms with Crippen LogP contribution in [0.25, 0.3) is 31.7 Å². The van der Waals surface area contributed by atoms with Gasteiger partial charge in [0.25, 0.3) is 11.8 Å². The summed E-state index contributed by atoms with van der Waals surface area (Å²) in [5, 5.41) is 1.67. The van der Waals surface area contributed by atoms with Crippen LogP contribution in [0.1, 0.15) is 73.4 Å². The van der Waals surface area contributed by atoms with Gasteiger partial charge in [0.2, 0.25) is 0 Å². The molecule has 0 saturated heterocycles. The second-order valence-corrected chi connectivity index (χ2v) is 13.7. The van der Waals surface area contributed by atoms with Gasteiger partial charge in [-0.25, -0.2) is 4.90 Å². The van der Waals surface area contributed by atoms with E-state index in [-0.39, 0.29) is 22.6 Å². The number of anilines is 1. The van der Waals surface area contributed by atoms with Gasteiger partial charge in [0, 0.05) is 26.3 Å². The predicted molar refractivity (Wildman–Crippen MR) is 168 cm³/mol. The van der Waals surface area contributed by atoms with Gasteiger partial charge in [-0.15, -0.1) is 11.3 Å². The molecular formula is C36H33NO2S. The third-order valence-corrected chi connectivity index (χ3v) is 8.92. The van der Waals surface area contributed by atoms with Crippen molar-refractivity contribution in [3.63, 3.8) is 0 Å². The molecule has 3 nitrogen and oxygen atoms in total. The summed E-state index contributed by atoms with van der Waals surface area (Å²) in [6.07, 6.45) is 0. The van der Waals surface area contributed by atoms with Crippen LogP contribution in [0.2, 0.25) is 0 Å². The zero-order valence-corrected chi connectivity index (χ0v) is 24.6. The summed E-state index contributed by atoms with van der Waals surface area (Å²) in [7, 11) is 0. The van der Waals surface area contributed by atoms with E-state index in [1.807, 2.05) is 54.6 Å². The van der Waals surface area contributed by atoms with E-state index in [0.29, 0.717) is 16.8 Å². The van der Waals surface area contributed by atoms with E-state index >= 15 is 0 Å². The highest BCUT2D eigenvalue weighted by Crippen LogP contribution is 2.43. The van der Waals surface area contributed by atoms with Crippen LogP contribution >= 0.6 is 11.3 Å². The summed E-state index contributed by atoms with van der Waals surface area (Å²) in [5.41, 5.74) is 5.69. The van der Waals surface area contributed by atoms with Crippen molar-refractivity contribution < 1.29 is 9.59 Å². The second-order valence-electron chi connectivity index (χ2n) is 12.6. The number of rotatable bonds is 3. The van der Waals surface area contributed by atoms with Crippen LogP contribution < -0.4 is 4.90 Å². The lowest BCUT2D eigenvalue weighted by molar-refractivity contribution is 0.0893. The van der Waals surface area contributed by atoms with E-state index in [1.54, 1.807) is 11.3 Å². The summed E-state index contributed by atoms with van der Waals surface area (Å²) in [4.78, 5) is 32.1. The van der Waals surface area contributed by atoms with E-state index in [9.17, 15) is 9.59 Å². The highest BCUT2D eigenvalue weighted by atomic mass is 32.1. The molecule has 1 aliphatic heterocycles. The molecule has 0 aliphatic carbocycles. The molecule has 2 heterocycles. The maximum absolute atomic E-state index is 14.2. The highest BCUT2D eigenvalue weighted by molar-refractivity contribution is 7.18. The van der Waals surface area contributed by atoms with Gasteiger partial charge in [-0.1, -0.05) is 102 Å². The molecule has 40 heavy (non-hydrogen) atoms. The van der Waals surface area contributed by atoms with Gasteiger partial charge in [0.15, 0.2) is 0 Å². The van der Waals surface area contributed by atoms with Crippen molar-refractivity contribution in [2.24, 2.45) is 0 Å². The molecule has 2 amide bonds. The molecule has 0 fully saturated rings. The highest BCUT2D eigenvalue weighted by Gasteiger charge is 2.37. The number of carbonyl (C=O) groups is 2. The number of thiophene rings is 1. The number of nitrogens with zero attached hydrogens (tertiary/aromatic N) is 1. The van der Waals surface area contributed by atoms with E-state index in [1.165, 1.54) is 15.3 Å². The van der Waals surface area contributed by atoms with Crippen LogP contribution in [0.4, 0.5) is 5.69 Å². The average molecular weight is 544 g/mol. The Morgan fingerprint density at radius 3 is 1.93 bits per heavy atom. The quantitative estimate of drug-likeness (QED) is 0.212. The summed E-state index contributed by atoms with van der Waals surface area (Å²) in [6.45, 7) is 12.8. The first-order chi connectivity index (χ1) is 18.9. The standard InChI is InChI=1S/C36H33NO2S/c1-35(2,3)23-15-18-28(36(4,5)6)29(21-23)37-33(38)26-14-10-13-25-24(16-17-27(32(25)26)34(37)39)31-20-19-30(40-31)22-11-8-7-9-12-22/h7-21H,1-6H3. The lowest BCUT2D eigenvalue weighted by Gasteiger charge is -2.34. The van der Waals surface area contributed by atoms with Crippen molar-refractivity contribution in [3.8, 4) is 20.9 Å². The number of carbonyl (C=O) groups excluding carboxylic acids is 2. The molecule has 0 bridgehead atoms. The molecule has 5 aromatic rings. The number of hydrogen-bond acceptors (Lipinski definition) is 3. The molecule has 0 saturated carbocycles. The van der Waals surface area contributed by atoms with Crippen LogP contribution in [0.3, 0.4) is 0 Å². The number of benzene rings is 4. The minimum atomic E-state index is -0.270. The van der Waals surface area contributed by atoms with E-state index < -0.39 is 0 Å². The van der Waals surface area contributed by atoms with Crippen LogP contribution in [0, 0.1) is 0 Å². The van der Waals surface area contributed by atoms with Crippen molar-refractivity contribution in [2.75, 3.05) is 4.90 Å². The summed E-state index contributed by atoms with van der Waals surface area (Å²) >= 11 is 1.72. The number of hydrogen-bond donors (Lipinski definition) is 0. The SMILES string of the molecule is CC(C)(C)c1ccc(C(C)(C)C)c(N2C(=O)c3cccc4c(-c5ccc(-c6ccccc6)s5)ccc(c34)C2=O)c1. The molecular weight excluding hydrogens is 510 g/mol. The minimum absolute atomic E-state index is 0.126. The second kappa shape index (κ2) is 9.28.